The highest BCUT2D eigenvalue weighted by atomic mass is 16.5. The van der Waals surface area contributed by atoms with Crippen LogP contribution in [-0.4, -0.2) is 23.5 Å². The fraction of sp³-hybridized carbons (Fsp3) is 0.600. The quantitative estimate of drug-likeness (QED) is 0.234. The zero-order valence-electron chi connectivity index (χ0n) is 8.69. The number of carbonyl (C=O) groups excluding carboxylic acids is 1. The molecule has 0 unspecified atom stereocenters. The summed E-state index contributed by atoms with van der Waals surface area (Å²) in [4.78, 5) is 10.9. The van der Waals surface area contributed by atoms with Crippen molar-refractivity contribution in [2.24, 2.45) is 5.16 Å². The standard InChI is InChI=1S/C10H17NO3/c1-3-5-6-9(11-13)7-8-10(12)14-4-2/h7-8,13H,3-6H2,1-2H3/b8-7+,11-9+. The van der Waals surface area contributed by atoms with Crippen molar-refractivity contribution in [2.45, 2.75) is 33.1 Å². The van der Waals surface area contributed by atoms with E-state index >= 15 is 0 Å². The number of esters is 1. The second-order valence-corrected chi connectivity index (χ2v) is 2.78. The second-order valence-electron chi connectivity index (χ2n) is 2.78. The summed E-state index contributed by atoms with van der Waals surface area (Å²) in [6.45, 7) is 4.14. The van der Waals surface area contributed by atoms with E-state index in [2.05, 4.69) is 9.89 Å². The lowest BCUT2D eigenvalue weighted by molar-refractivity contribution is -0.137. The molecule has 0 bridgehead atoms. The summed E-state index contributed by atoms with van der Waals surface area (Å²) >= 11 is 0. The van der Waals surface area contributed by atoms with E-state index in [9.17, 15) is 4.79 Å². The molecular formula is C10H17NO3. The van der Waals surface area contributed by atoms with Gasteiger partial charge in [0.05, 0.1) is 12.3 Å². The number of hydrogen-bond acceptors (Lipinski definition) is 4. The fourth-order valence-electron chi connectivity index (χ4n) is 0.879. The maximum absolute atomic E-state index is 10.9. The molecule has 0 spiro atoms. The summed E-state index contributed by atoms with van der Waals surface area (Å²) in [5.74, 6) is -0.412. The van der Waals surface area contributed by atoms with E-state index in [0.717, 1.165) is 12.8 Å². The Hall–Kier alpha value is -1.32. The topological polar surface area (TPSA) is 58.9 Å². The van der Waals surface area contributed by atoms with E-state index in [1.165, 1.54) is 12.2 Å². The zero-order valence-corrected chi connectivity index (χ0v) is 8.69. The number of rotatable bonds is 6. The van der Waals surface area contributed by atoms with Crippen LogP contribution in [0, 0.1) is 0 Å². The number of unbranched alkanes of at least 4 members (excludes halogenated alkanes) is 1. The van der Waals surface area contributed by atoms with Crippen LogP contribution in [0.1, 0.15) is 33.1 Å². The molecule has 4 nitrogen and oxygen atoms in total. The van der Waals surface area contributed by atoms with Crippen LogP contribution in [0.15, 0.2) is 17.3 Å². The van der Waals surface area contributed by atoms with Crippen molar-refractivity contribution in [2.75, 3.05) is 6.61 Å². The van der Waals surface area contributed by atoms with Crippen molar-refractivity contribution in [3.05, 3.63) is 12.2 Å². The largest absolute Gasteiger partial charge is 0.463 e. The minimum Gasteiger partial charge on any atom is -0.463 e. The second kappa shape index (κ2) is 8.29. The van der Waals surface area contributed by atoms with Gasteiger partial charge < -0.3 is 9.94 Å². The van der Waals surface area contributed by atoms with E-state index in [-0.39, 0.29) is 0 Å². The Labute approximate surface area is 84.3 Å². The zero-order chi connectivity index (χ0) is 10.8. The van der Waals surface area contributed by atoms with Gasteiger partial charge in [0, 0.05) is 6.08 Å². The first-order valence-corrected chi connectivity index (χ1v) is 4.80. The molecule has 0 fully saturated rings. The van der Waals surface area contributed by atoms with Crippen LogP contribution in [0.5, 0.6) is 0 Å². The lowest BCUT2D eigenvalue weighted by atomic mass is 10.1. The Kier molecular flexibility index (Phi) is 7.50. The van der Waals surface area contributed by atoms with E-state index in [4.69, 9.17) is 5.21 Å². The smallest absolute Gasteiger partial charge is 0.330 e. The van der Waals surface area contributed by atoms with Crippen molar-refractivity contribution in [3.63, 3.8) is 0 Å². The first kappa shape index (κ1) is 12.7. The van der Waals surface area contributed by atoms with Gasteiger partial charge in [-0.05, 0) is 25.8 Å². The SMILES string of the molecule is CCCCC(/C=C/C(=O)OCC)=N\O. The third-order valence-corrected chi connectivity index (χ3v) is 1.61. The van der Waals surface area contributed by atoms with Crippen molar-refractivity contribution >= 4 is 11.7 Å². The monoisotopic (exact) mass is 199 g/mol. The summed E-state index contributed by atoms with van der Waals surface area (Å²) in [6.07, 6.45) is 5.38. The van der Waals surface area contributed by atoms with Crippen LogP contribution in [0.3, 0.4) is 0 Å². The van der Waals surface area contributed by atoms with Gasteiger partial charge in [0.2, 0.25) is 0 Å². The van der Waals surface area contributed by atoms with Crippen LogP contribution in [0.25, 0.3) is 0 Å². The summed E-state index contributed by atoms with van der Waals surface area (Å²) in [6, 6.07) is 0. The molecule has 0 saturated heterocycles. The average molecular weight is 199 g/mol. The van der Waals surface area contributed by atoms with E-state index in [0.29, 0.717) is 18.7 Å². The van der Waals surface area contributed by atoms with Crippen molar-refractivity contribution < 1.29 is 14.7 Å². The van der Waals surface area contributed by atoms with Gasteiger partial charge in [0.1, 0.15) is 0 Å². The summed E-state index contributed by atoms with van der Waals surface area (Å²) in [5, 5.41) is 11.7. The highest BCUT2D eigenvalue weighted by Gasteiger charge is 1.97. The third kappa shape index (κ3) is 6.22. The van der Waals surface area contributed by atoms with Gasteiger partial charge in [0.25, 0.3) is 0 Å². The molecule has 0 radical (unpaired) electrons. The first-order chi connectivity index (χ1) is 6.74. The molecule has 0 aliphatic heterocycles. The number of nitrogens with zero attached hydrogens (tertiary/aromatic N) is 1. The normalized spacial score (nSPS) is 12.0. The van der Waals surface area contributed by atoms with Gasteiger partial charge in [-0.1, -0.05) is 18.5 Å². The lowest BCUT2D eigenvalue weighted by Gasteiger charge is -1.97. The minimum atomic E-state index is -0.412. The first-order valence-electron chi connectivity index (χ1n) is 4.80. The molecule has 0 aliphatic carbocycles. The van der Waals surface area contributed by atoms with Gasteiger partial charge in [0.15, 0.2) is 0 Å². The molecule has 0 atom stereocenters. The molecule has 0 aromatic heterocycles. The number of oxime groups is 1. The molecule has 0 aromatic carbocycles. The van der Waals surface area contributed by atoms with E-state index in [1.807, 2.05) is 6.92 Å². The van der Waals surface area contributed by atoms with Gasteiger partial charge in [-0.25, -0.2) is 4.79 Å². The molecule has 14 heavy (non-hydrogen) atoms. The highest BCUT2D eigenvalue weighted by Crippen LogP contribution is 1.98. The summed E-state index contributed by atoms with van der Waals surface area (Å²) in [5.41, 5.74) is 0.500. The minimum absolute atomic E-state index is 0.351. The van der Waals surface area contributed by atoms with Gasteiger partial charge >= 0.3 is 5.97 Å². The van der Waals surface area contributed by atoms with Crippen LogP contribution in [0.4, 0.5) is 0 Å². The Morgan fingerprint density at radius 3 is 2.64 bits per heavy atom. The van der Waals surface area contributed by atoms with Gasteiger partial charge in [-0.2, -0.15) is 0 Å². The molecule has 80 valence electrons. The fourth-order valence-corrected chi connectivity index (χ4v) is 0.879. The predicted molar refractivity (Wildman–Crippen MR) is 54.5 cm³/mol. The molecule has 4 heteroatoms. The Morgan fingerprint density at radius 2 is 2.14 bits per heavy atom. The molecule has 0 aliphatic rings. The van der Waals surface area contributed by atoms with Gasteiger partial charge in [-0.15, -0.1) is 0 Å². The Morgan fingerprint density at radius 1 is 1.43 bits per heavy atom. The van der Waals surface area contributed by atoms with Crippen molar-refractivity contribution in [1.82, 2.24) is 0 Å². The molecule has 0 heterocycles. The number of ether oxygens (including phenoxy) is 1. The molecule has 0 amide bonds. The predicted octanol–water partition coefficient (Wildman–Crippen LogP) is 2.13. The van der Waals surface area contributed by atoms with Crippen molar-refractivity contribution in [1.29, 1.82) is 0 Å². The van der Waals surface area contributed by atoms with Crippen LogP contribution < -0.4 is 0 Å². The Bertz CT molecular complexity index is 221. The molecule has 0 saturated carbocycles. The van der Waals surface area contributed by atoms with Crippen LogP contribution in [-0.2, 0) is 9.53 Å². The van der Waals surface area contributed by atoms with E-state index in [1.54, 1.807) is 6.92 Å². The molecule has 0 aromatic rings. The Balaban J connectivity index is 3.98. The average Bonchev–Trinajstić information content (AvgIpc) is 2.19. The van der Waals surface area contributed by atoms with E-state index < -0.39 is 5.97 Å². The highest BCUT2D eigenvalue weighted by molar-refractivity contribution is 5.99. The summed E-state index contributed by atoms with van der Waals surface area (Å²) < 4.78 is 4.68. The maximum atomic E-state index is 10.9. The molecular weight excluding hydrogens is 182 g/mol. The van der Waals surface area contributed by atoms with Crippen molar-refractivity contribution in [3.8, 4) is 0 Å². The summed E-state index contributed by atoms with van der Waals surface area (Å²) in [7, 11) is 0. The number of hydrogen-bond donors (Lipinski definition) is 1. The van der Waals surface area contributed by atoms with Crippen LogP contribution >= 0.6 is 0 Å². The number of carbonyl (C=O) groups is 1. The molecule has 0 rings (SSSR count). The number of allylic oxidation sites excluding steroid dienone is 1. The van der Waals surface area contributed by atoms with Crippen LogP contribution in [0.2, 0.25) is 0 Å². The van der Waals surface area contributed by atoms with Gasteiger partial charge in [-0.3, -0.25) is 0 Å². The lowest BCUT2D eigenvalue weighted by Crippen LogP contribution is -2.01. The maximum Gasteiger partial charge on any atom is 0.330 e. The molecule has 1 N–H and O–H groups in total. The third-order valence-electron chi connectivity index (χ3n) is 1.61.